The molecule has 0 aliphatic rings. The zero-order chi connectivity index (χ0) is 13.0. The molecule has 0 saturated carbocycles. The molecule has 2 aromatic rings. The molecule has 0 radical (unpaired) electrons. The highest BCUT2D eigenvalue weighted by atomic mass is 16.5. The van der Waals surface area contributed by atoms with E-state index in [0.717, 1.165) is 16.6 Å². The van der Waals surface area contributed by atoms with Gasteiger partial charge in [0.25, 0.3) is 0 Å². The molecule has 0 aliphatic heterocycles. The normalized spacial score (nSPS) is 10.3. The number of hydrogen-bond donors (Lipinski definition) is 0. The summed E-state index contributed by atoms with van der Waals surface area (Å²) in [6, 6.07) is 5.71. The minimum atomic E-state index is -0.233. The van der Waals surface area contributed by atoms with Crippen molar-refractivity contribution in [2.45, 2.75) is 12.8 Å². The van der Waals surface area contributed by atoms with Gasteiger partial charge in [0.05, 0.1) is 31.4 Å². The van der Waals surface area contributed by atoms with E-state index >= 15 is 0 Å². The summed E-state index contributed by atoms with van der Waals surface area (Å²) in [4.78, 5) is 19.8. The lowest BCUT2D eigenvalue weighted by Crippen LogP contribution is -2.03. The third kappa shape index (κ3) is 2.56. The third-order valence-electron chi connectivity index (χ3n) is 2.67. The first kappa shape index (κ1) is 12.3. The molecule has 5 heteroatoms. The molecule has 0 atom stereocenters. The number of carbonyl (C=O) groups excluding carboxylic acids is 1. The van der Waals surface area contributed by atoms with Gasteiger partial charge in [-0.05, 0) is 18.1 Å². The molecule has 1 aromatic carbocycles. The Morgan fingerprint density at radius 3 is 2.89 bits per heavy atom. The van der Waals surface area contributed by atoms with Crippen molar-refractivity contribution in [2.24, 2.45) is 0 Å². The number of esters is 1. The number of aryl methyl sites for hydroxylation is 1. The first-order valence-electron chi connectivity index (χ1n) is 5.60. The zero-order valence-corrected chi connectivity index (χ0v) is 10.3. The van der Waals surface area contributed by atoms with Crippen molar-refractivity contribution < 1.29 is 14.3 Å². The van der Waals surface area contributed by atoms with Crippen LogP contribution in [0.4, 0.5) is 0 Å². The molecule has 94 valence electrons. The smallest absolute Gasteiger partial charge is 0.305 e. The van der Waals surface area contributed by atoms with Crippen LogP contribution in [0.2, 0.25) is 0 Å². The molecule has 18 heavy (non-hydrogen) atoms. The van der Waals surface area contributed by atoms with Crippen molar-refractivity contribution in [1.82, 2.24) is 9.97 Å². The molecule has 1 heterocycles. The summed E-state index contributed by atoms with van der Waals surface area (Å²) < 4.78 is 9.69. The van der Waals surface area contributed by atoms with Gasteiger partial charge in [-0.25, -0.2) is 9.97 Å². The van der Waals surface area contributed by atoms with Crippen LogP contribution in [-0.2, 0) is 16.0 Å². The Morgan fingerprint density at radius 2 is 2.17 bits per heavy atom. The van der Waals surface area contributed by atoms with Crippen LogP contribution in [0.1, 0.15) is 12.0 Å². The van der Waals surface area contributed by atoms with Crippen LogP contribution in [0, 0.1) is 0 Å². The molecule has 2 rings (SSSR count). The number of methoxy groups -OCH3 is 2. The number of benzene rings is 1. The summed E-state index contributed by atoms with van der Waals surface area (Å²) in [5, 5.41) is 0. The van der Waals surface area contributed by atoms with E-state index in [1.165, 1.54) is 7.11 Å². The summed E-state index contributed by atoms with van der Waals surface area (Å²) in [7, 11) is 2.93. The predicted molar refractivity (Wildman–Crippen MR) is 66.4 cm³/mol. The highest BCUT2D eigenvalue weighted by molar-refractivity contribution is 5.79. The molecule has 0 saturated heterocycles. The fourth-order valence-corrected chi connectivity index (χ4v) is 1.71. The maximum atomic E-state index is 11.2. The Kier molecular flexibility index (Phi) is 3.72. The second-order valence-electron chi connectivity index (χ2n) is 3.77. The Hall–Kier alpha value is -2.17. The highest BCUT2D eigenvalue weighted by Crippen LogP contribution is 2.19. The number of para-hydroxylation sites is 1. The van der Waals surface area contributed by atoms with Crippen molar-refractivity contribution in [2.75, 3.05) is 14.2 Å². The molecule has 0 aliphatic carbocycles. The van der Waals surface area contributed by atoms with E-state index in [4.69, 9.17) is 4.74 Å². The van der Waals surface area contributed by atoms with Crippen LogP contribution in [0.25, 0.3) is 11.0 Å². The zero-order valence-electron chi connectivity index (χ0n) is 10.3. The lowest BCUT2D eigenvalue weighted by atomic mass is 10.1. The van der Waals surface area contributed by atoms with Crippen LogP contribution in [0.5, 0.6) is 5.88 Å². The van der Waals surface area contributed by atoms with Gasteiger partial charge in [-0.2, -0.15) is 0 Å². The van der Waals surface area contributed by atoms with Crippen LogP contribution in [0.15, 0.2) is 24.4 Å². The first-order chi connectivity index (χ1) is 8.74. The number of rotatable bonds is 4. The van der Waals surface area contributed by atoms with Gasteiger partial charge in [0.15, 0.2) is 0 Å². The average molecular weight is 246 g/mol. The quantitative estimate of drug-likeness (QED) is 0.769. The standard InChI is InChI=1S/C13H14N2O3/c1-17-11-8-14-10-5-3-4-9(13(10)15-11)6-7-12(16)18-2/h3-5,8H,6-7H2,1-2H3. The van der Waals surface area contributed by atoms with E-state index in [1.807, 2.05) is 18.2 Å². The molecular formula is C13H14N2O3. The monoisotopic (exact) mass is 246 g/mol. The Morgan fingerprint density at radius 1 is 1.33 bits per heavy atom. The maximum absolute atomic E-state index is 11.2. The van der Waals surface area contributed by atoms with Gasteiger partial charge in [-0.15, -0.1) is 0 Å². The van der Waals surface area contributed by atoms with Gasteiger partial charge in [-0.3, -0.25) is 4.79 Å². The fraction of sp³-hybridized carbons (Fsp3) is 0.308. The van der Waals surface area contributed by atoms with E-state index in [-0.39, 0.29) is 5.97 Å². The summed E-state index contributed by atoms with van der Waals surface area (Å²) in [5.41, 5.74) is 2.52. The number of nitrogens with zero attached hydrogens (tertiary/aromatic N) is 2. The Labute approximate surface area is 105 Å². The minimum Gasteiger partial charge on any atom is -0.480 e. The molecule has 0 bridgehead atoms. The van der Waals surface area contributed by atoms with Crippen molar-refractivity contribution in [3.63, 3.8) is 0 Å². The third-order valence-corrected chi connectivity index (χ3v) is 2.67. The molecule has 0 unspecified atom stereocenters. The molecular weight excluding hydrogens is 232 g/mol. The minimum absolute atomic E-state index is 0.233. The van der Waals surface area contributed by atoms with Gasteiger partial charge in [0, 0.05) is 6.42 Å². The van der Waals surface area contributed by atoms with Gasteiger partial charge in [-0.1, -0.05) is 12.1 Å². The number of carbonyl (C=O) groups is 1. The van der Waals surface area contributed by atoms with Crippen LogP contribution >= 0.6 is 0 Å². The summed E-state index contributed by atoms with van der Waals surface area (Å²) >= 11 is 0. The number of fused-ring (bicyclic) bond motifs is 1. The van der Waals surface area contributed by atoms with Crippen LogP contribution in [0.3, 0.4) is 0 Å². The molecule has 1 aromatic heterocycles. The van der Waals surface area contributed by atoms with Crippen molar-refractivity contribution in [1.29, 1.82) is 0 Å². The van der Waals surface area contributed by atoms with Crippen LogP contribution < -0.4 is 4.74 Å². The summed E-state index contributed by atoms with van der Waals surface area (Å²) in [5.74, 6) is 0.232. The fourth-order valence-electron chi connectivity index (χ4n) is 1.71. The van der Waals surface area contributed by atoms with Crippen molar-refractivity contribution >= 4 is 17.0 Å². The van der Waals surface area contributed by atoms with E-state index in [1.54, 1.807) is 13.3 Å². The van der Waals surface area contributed by atoms with Gasteiger partial charge in [0.2, 0.25) is 5.88 Å². The van der Waals surface area contributed by atoms with E-state index in [0.29, 0.717) is 18.7 Å². The molecule has 5 nitrogen and oxygen atoms in total. The Bertz CT molecular complexity index is 569. The average Bonchev–Trinajstić information content (AvgIpc) is 2.43. The highest BCUT2D eigenvalue weighted by Gasteiger charge is 2.08. The van der Waals surface area contributed by atoms with Crippen molar-refractivity contribution in [3.05, 3.63) is 30.0 Å². The molecule has 0 amide bonds. The molecule has 0 fully saturated rings. The number of ether oxygens (including phenoxy) is 2. The number of aromatic nitrogens is 2. The second kappa shape index (κ2) is 5.44. The maximum Gasteiger partial charge on any atom is 0.305 e. The van der Waals surface area contributed by atoms with E-state index < -0.39 is 0 Å². The first-order valence-corrected chi connectivity index (χ1v) is 5.60. The second-order valence-corrected chi connectivity index (χ2v) is 3.77. The topological polar surface area (TPSA) is 61.3 Å². The summed E-state index contributed by atoms with van der Waals surface area (Å²) in [6.45, 7) is 0. The lowest BCUT2D eigenvalue weighted by molar-refractivity contribution is -0.140. The van der Waals surface area contributed by atoms with Crippen LogP contribution in [-0.4, -0.2) is 30.2 Å². The van der Waals surface area contributed by atoms with Crippen molar-refractivity contribution in [3.8, 4) is 5.88 Å². The largest absolute Gasteiger partial charge is 0.480 e. The van der Waals surface area contributed by atoms with E-state index in [2.05, 4.69) is 14.7 Å². The Balaban J connectivity index is 2.34. The summed E-state index contributed by atoms with van der Waals surface area (Å²) in [6.07, 6.45) is 2.48. The van der Waals surface area contributed by atoms with Gasteiger partial charge in [0.1, 0.15) is 0 Å². The van der Waals surface area contributed by atoms with E-state index in [9.17, 15) is 4.79 Å². The van der Waals surface area contributed by atoms with Gasteiger partial charge < -0.3 is 9.47 Å². The SMILES string of the molecule is COC(=O)CCc1cccc2ncc(OC)nc12. The molecule has 0 N–H and O–H groups in total. The number of hydrogen-bond acceptors (Lipinski definition) is 5. The molecule has 0 spiro atoms. The predicted octanol–water partition coefficient (Wildman–Crippen LogP) is 1.74. The lowest BCUT2D eigenvalue weighted by Gasteiger charge is -2.06. The van der Waals surface area contributed by atoms with Gasteiger partial charge >= 0.3 is 5.97 Å².